The number of aromatic nitrogens is 1. The van der Waals surface area contributed by atoms with Gasteiger partial charge in [-0.25, -0.2) is 0 Å². The standard InChI is InChI=1S/C10H13N3O/c1-7(8-3-2-4-12-5-8)13-6-9(11)10(13)14/h2-5,7,9H,6,11H2,1H3. The maximum Gasteiger partial charge on any atom is 0.241 e. The molecule has 0 bridgehead atoms. The van der Waals surface area contributed by atoms with E-state index in [1.807, 2.05) is 19.1 Å². The highest BCUT2D eigenvalue weighted by molar-refractivity contribution is 5.88. The Labute approximate surface area is 82.7 Å². The van der Waals surface area contributed by atoms with Crippen molar-refractivity contribution in [3.8, 4) is 0 Å². The molecular formula is C10H13N3O. The second-order valence-corrected chi connectivity index (χ2v) is 3.56. The van der Waals surface area contributed by atoms with E-state index in [-0.39, 0.29) is 18.0 Å². The molecule has 2 heterocycles. The molecule has 4 heteroatoms. The molecule has 1 amide bonds. The summed E-state index contributed by atoms with van der Waals surface area (Å²) in [4.78, 5) is 17.1. The predicted molar refractivity (Wildman–Crippen MR) is 52.3 cm³/mol. The van der Waals surface area contributed by atoms with Crippen molar-refractivity contribution in [1.29, 1.82) is 0 Å². The van der Waals surface area contributed by atoms with E-state index < -0.39 is 0 Å². The first-order valence-electron chi connectivity index (χ1n) is 4.66. The molecule has 1 aromatic heterocycles. The first-order valence-corrected chi connectivity index (χ1v) is 4.66. The van der Waals surface area contributed by atoms with Gasteiger partial charge in [0.2, 0.25) is 5.91 Å². The van der Waals surface area contributed by atoms with E-state index in [1.54, 1.807) is 17.3 Å². The van der Waals surface area contributed by atoms with Gasteiger partial charge in [-0.05, 0) is 18.6 Å². The summed E-state index contributed by atoms with van der Waals surface area (Å²) in [7, 11) is 0. The highest BCUT2D eigenvalue weighted by Crippen LogP contribution is 2.24. The van der Waals surface area contributed by atoms with E-state index in [0.717, 1.165) is 5.56 Å². The molecule has 2 rings (SSSR count). The van der Waals surface area contributed by atoms with E-state index in [0.29, 0.717) is 6.54 Å². The topological polar surface area (TPSA) is 59.2 Å². The van der Waals surface area contributed by atoms with Gasteiger partial charge in [-0.2, -0.15) is 0 Å². The zero-order valence-corrected chi connectivity index (χ0v) is 8.05. The summed E-state index contributed by atoms with van der Waals surface area (Å²) in [5.41, 5.74) is 6.57. The number of hydrogen-bond donors (Lipinski definition) is 1. The summed E-state index contributed by atoms with van der Waals surface area (Å²) in [6.45, 7) is 2.63. The summed E-state index contributed by atoms with van der Waals surface area (Å²) in [6, 6.07) is 3.62. The van der Waals surface area contributed by atoms with Crippen molar-refractivity contribution in [3.05, 3.63) is 30.1 Å². The van der Waals surface area contributed by atoms with Gasteiger partial charge in [0.05, 0.1) is 6.04 Å². The molecule has 14 heavy (non-hydrogen) atoms. The van der Waals surface area contributed by atoms with Crippen molar-refractivity contribution in [2.45, 2.75) is 19.0 Å². The molecule has 0 radical (unpaired) electrons. The van der Waals surface area contributed by atoms with Crippen LogP contribution in [0, 0.1) is 0 Å². The Hall–Kier alpha value is -1.42. The fourth-order valence-corrected chi connectivity index (χ4v) is 1.63. The van der Waals surface area contributed by atoms with Crippen molar-refractivity contribution in [2.24, 2.45) is 5.73 Å². The molecule has 4 nitrogen and oxygen atoms in total. The van der Waals surface area contributed by atoms with Crippen LogP contribution in [0.15, 0.2) is 24.5 Å². The van der Waals surface area contributed by atoms with Crippen molar-refractivity contribution in [1.82, 2.24) is 9.88 Å². The molecule has 0 aliphatic carbocycles. The van der Waals surface area contributed by atoms with E-state index in [2.05, 4.69) is 4.98 Å². The van der Waals surface area contributed by atoms with Crippen LogP contribution < -0.4 is 5.73 Å². The number of carbonyl (C=O) groups is 1. The van der Waals surface area contributed by atoms with Gasteiger partial charge >= 0.3 is 0 Å². The summed E-state index contributed by atoms with van der Waals surface area (Å²) in [5.74, 6) is 0.0290. The second kappa shape index (κ2) is 3.38. The second-order valence-electron chi connectivity index (χ2n) is 3.56. The maximum atomic E-state index is 11.4. The average Bonchev–Trinajstić information content (AvgIpc) is 2.25. The number of rotatable bonds is 2. The Bertz CT molecular complexity index is 338. The Morgan fingerprint density at radius 2 is 2.50 bits per heavy atom. The number of carbonyl (C=O) groups excluding carboxylic acids is 1. The number of pyridine rings is 1. The van der Waals surface area contributed by atoms with E-state index in [9.17, 15) is 4.79 Å². The number of nitrogens with zero attached hydrogens (tertiary/aromatic N) is 2. The van der Waals surface area contributed by atoms with Crippen LogP contribution in [-0.2, 0) is 4.79 Å². The highest BCUT2D eigenvalue weighted by Gasteiger charge is 2.36. The number of hydrogen-bond acceptors (Lipinski definition) is 3. The predicted octanol–water partition coefficient (Wildman–Crippen LogP) is 0.312. The minimum Gasteiger partial charge on any atom is -0.332 e. The molecule has 1 aliphatic rings. The quantitative estimate of drug-likeness (QED) is 0.684. The van der Waals surface area contributed by atoms with Gasteiger partial charge in [0.1, 0.15) is 6.04 Å². The smallest absolute Gasteiger partial charge is 0.241 e. The van der Waals surface area contributed by atoms with Gasteiger partial charge in [-0.3, -0.25) is 9.78 Å². The van der Waals surface area contributed by atoms with Crippen LogP contribution in [0.3, 0.4) is 0 Å². The van der Waals surface area contributed by atoms with E-state index >= 15 is 0 Å². The van der Waals surface area contributed by atoms with Crippen LogP contribution in [0.4, 0.5) is 0 Å². The Kier molecular flexibility index (Phi) is 2.21. The van der Waals surface area contributed by atoms with E-state index in [1.165, 1.54) is 0 Å². The fourth-order valence-electron chi connectivity index (χ4n) is 1.63. The first-order chi connectivity index (χ1) is 6.70. The zero-order valence-electron chi connectivity index (χ0n) is 8.05. The average molecular weight is 191 g/mol. The molecule has 0 spiro atoms. The molecule has 1 aliphatic heterocycles. The van der Waals surface area contributed by atoms with Crippen LogP contribution in [0.2, 0.25) is 0 Å². The third-order valence-electron chi connectivity index (χ3n) is 2.63. The summed E-state index contributed by atoms with van der Waals surface area (Å²) >= 11 is 0. The van der Waals surface area contributed by atoms with Gasteiger partial charge in [-0.1, -0.05) is 6.07 Å². The molecule has 0 saturated carbocycles. The van der Waals surface area contributed by atoms with Crippen molar-refractivity contribution in [2.75, 3.05) is 6.54 Å². The lowest BCUT2D eigenvalue weighted by atomic mass is 10.0. The Morgan fingerprint density at radius 3 is 3.00 bits per heavy atom. The highest BCUT2D eigenvalue weighted by atomic mass is 16.2. The first kappa shape index (κ1) is 9.15. The van der Waals surface area contributed by atoms with Gasteiger partial charge in [-0.15, -0.1) is 0 Å². The minimum atomic E-state index is -0.297. The number of amides is 1. The van der Waals surface area contributed by atoms with Crippen LogP contribution in [0.25, 0.3) is 0 Å². The molecule has 2 N–H and O–H groups in total. The van der Waals surface area contributed by atoms with Crippen molar-refractivity contribution < 1.29 is 4.79 Å². The molecule has 74 valence electrons. The number of likely N-dealkylation sites (tertiary alicyclic amines) is 1. The lowest BCUT2D eigenvalue weighted by Gasteiger charge is -2.40. The SMILES string of the molecule is CC(c1cccnc1)N1CC(N)C1=O. The Morgan fingerprint density at radius 1 is 1.71 bits per heavy atom. The number of nitrogens with two attached hydrogens (primary N) is 1. The van der Waals surface area contributed by atoms with Gasteiger partial charge < -0.3 is 10.6 Å². The largest absolute Gasteiger partial charge is 0.332 e. The molecule has 0 aromatic carbocycles. The number of β-lactam (4-membered cyclic amide) rings is 1. The monoisotopic (exact) mass is 191 g/mol. The van der Waals surface area contributed by atoms with Crippen LogP contribution in [0.5, 0.6) is 0 Å². The molecule has 2 unspecified atom stereocenters. The van der Waals surface area contributed by atoms with Crippen molar-refractivity contribution >= 4 is 5.91 Å². The molecular weight excluding hydrogens is 178 g/mol. The lowest BCUT2D eigenvalue weighted by molar-refractivity contribution is -0.145. The summed E-state index contributed by atoms with van der Waals surface area (Å²) in [6.07, 6.45) is 3.50. The molecule has 1 saturated heterocycles. The molecule has 1 fully saturated rings. The van der Waals surface area contributed by atoms with Crippen LogP contribution in [-0.4, -0.2) is 28.4 Å². The maximum absolute atomic E-state index is 11.4. The third-order valence-corrected chi connectivity index (χ3v) is 2.63. The van der Waals surface area contributed by atoms with E-state index in [4.69, 9.17) is 5.73 Å². The molecule has 2 atom stereocenters. The van der Waals surface area contributed by atoms with Gasteiger partial charge in [0.25, 0.3) is 0 Å². The zero-order chi connectivity index (χ0) is 10.1. The van der Waals surface area contributed by atoms with Gasteiger partial charge in [0, 0.05) is 18.9 Å². The summed E-state index contributed by atoms with van der Waals surface area (Å²) < 4.78 is 0. The van der Waals surface area contributed by atoms with Crippen molar-refractivity contribution in [3.63, 3.8) is 0 Å². The summed E-state index contributed by atoms with van der Waals surface area (Å²) in [5, 5.41) is 0. The third kappa shape index (κ3) is 1.37. The molecule has 1 aromatic rings. The normalized spacial score (nSPS) is 23.1. The lowest BCUT2D eigenvalue weighted by Crippen LogP contribution is -2.61. The van der Waals surface area contributed by atoms with Gasteiger partial charge in [0.15, 0.2) is 0 Å². The fraction of sp³-hybridized carbons (Fsp3) is 0.400. The van der Waals surface area contributed by atoms with Crippen LogP contribution >= 0.6 is 0 Å². The minimum absolute atomic E-state index is 0.0290. The Balaban J connectivity index is 2.10. The van der Waals surface area contributed by atoms with Crippen LogP contribution in [0.1, 0.15) is 18.5 Å².